The van der Waals surface area contributed by atoms with Crippen molar-refractivity contribution < 1.29 is 14.4 Å². The Balaban J connectivity index is 1.79. The fraction of sp³-hybridized carbons (Fsp3) is 0.333. The fourth-order valence-corrected chi connectivity index (χ4v) is 2.82. The molecular formula is C18H20N2O4. The smallest absolute Gasteiger partial charge is 0.269 e. The fourth-order valence-electron chi connectivity index (χ4n) is 2.82. The van der Waals surface area contributed by atoms with Crippen molar-refractivity contribution in [1.29, 1.82) is 0 Å². The second kappa shape index (κ2) is 6.88. The van der Waals surface area contributed by atoms with Gasteiger partial charge < -0.3 is 9.47 Å². The zero-order chi connectivity index (χ0) is 17.1. The highest BCUT2D eigenvalue weighted by Gasteiger charge is 2.20. The summed E-state index contributed by atoms with van der Waals surface area (Å²) < 4.78 is 11.4. The van der Waals surface area contributed by atoms with Crippen LogP contribution >= 0.6 is 0 Å². The number of benzene rings is 2. The Morgan fingerprint density at radius 1 is 1.21 bits per heavy atom. The molecule has 0 aromatic heterocycles. The van der Waals surface area contributed by atoms with E-state index < -0.39 is 0 Å². The molecule has 1 aliphatic heterocycles. The summed E-state index contributed by atoms with van der Waals surface area (Å²) in [5.41, 5.74) is 2.07. The number of nitrogens with zero attached hydrogens (tertiary/aromatic N) is 2. The van der Waals surface area contributed by atoms with Gasteiger partial charge in [-0.05, 0) is 25.6 Å². The number of ether oxygens (including phenoxy) is 2. The predicted octanol–water partition coefficient (Wildman–Crippen LogP) is 3.56. The van der Waals surface area contributed by atoms with E-state index in [2.05, 4.69) is 4.90 Å². The molecule has 0 saturated carbocycles. The molecule has 0 unspecified atom stereocenters. The zero-order valence-electron chi connectivity index (χ0n) is 13.8. The van der Waals surface area contributed by atoms with Crippen LogP contribution in [0.25, 0.3) is 0 Å². The number of para-hydroxylation sites is 1. The van der Waals surface area contributed by atoms with E-state index >= 15 is 0 Å². The highest BCUT2D eigenvalue weighted by Crippen LogP contribution is 2.35. The molecule has 24 heavy (non-hydrogen) atoms. The van der Waals surface area contributed by atoms with Crippen molar-refractivity contribution in [1.82, 2.24) is 4.90 Å². The molecule has 0 spiro atoms. The van der Waals surface area contributed by atoms with Gasteiger partial charge in [0.15, 0.2) is 11.5 Å². The van der Waals surface area contributed by atoms with E-state index in [4.69, 9.17) is 9.47 Å². The molecule has 0 radical (unpaired) electrons. The van der Waals surface area contributed by atoms with E-state index in [0.29, 0.717) is 19.8 Å². The van der Waals surface area contributed by atoms with Gasteiger partial charge >= 0.3 is 0 Å². The topological polar surface area (TPSA) is 64.8 Å². The highest BCUT2D eigenvalue weighted by atomic mass is 16.6. The van der Waals surface area contributed by atoms with Crippen LogP contribution in [-0.4, -0.2) is 30.1 Å². The van der Waals surface area contributed by atoms with Gasteiger partial charge in [0.25, 0.3) is 5.69 Å². The van der Waals surface area contributed by atoms with Crippen LogP contribution in [0.4, 0.5) is 5.69 Å². The Hall–Kier alpha value is -2.60. The Kier molecular flexibility index (Phi) is 4.66. The van der Waals surface area contributed by atoms with E-state index in [1.54, 1.807) is 12.1 Å². The van der Waals surface area contributed by atoms with Crippen molar-refractivity contribution in [2.75, 3.05) is 20.3 Å². The molecule has 6 nitrogen and oxygen atoms in total. The minimum absolute atomic E-state index is 0.0327. The number of hydrogen-bond donors (Lipinski definition) is 0. The lowest BCUT2D eigenvalue weighted by molar-refractivity contribution is -0.384. The van der Waals surface area contributed by atoms with Crippen LogP contribution in [0.2, 0.25) is 0 Å². The van der Waals surface area contributed by atoms with Gasteiger partial charge in [-0.2, -0.15) is 0 Å². The quantitative estimate of drug-likeness (QED) is 0.620. The van der Waals surface area contributed by atoms with Crippen LogP contribution < -0.4 is 9.47 Å². The third kappa shape index (κ3) is 3.33. The summed E-state index contributed by atoms with van der Waals surface area (Å²) in [6.07, 6.45) is 0. The molecule has 2 aromatic rings. The first-order valence-electron chi connectivity index (χ1n) is 7.88. The summed E-state index contributed by atoms with van der Waals surface area (Å²) in [7, 11) is 1.99. The average Bonchev–Trinajstić information content (AvgIpc) is 2.61. The molecule has 0 amide bonds. The van der Waals surface area contributed by atoms with Crippen LogP contribution in [0, 0.1) is 10.1 Å². The Morgan fingerprint density at radius 3 is 2.75 bits per heavy atom. The third-order valence-corrected chi connectivity index (χ3v) is 4.29. The number of non-ortho nitro benzene ring substituents is 1. The lowest BCUT2D eigenvalue weighted by atomic mass is 10.1. The molecule has 126 valence electrons. The summed E-state index contributed by atoms with van der Waals surface area (Å²) in [6.45, 7) is 3.81. The van der Waals surface area contributed by atoms with Gasteiger partial charge in [-0.3, -0.25) is 15.0 Å². The molecule has 0 N–H and O–H groups in total. The number of nitro groups is 1. The number of nitro benzene ring substituents is 1. The largest absolute Gasteiger partial charge is 0.486 e. The second-order valence-electron chi connectivity index (χ2n) is 5.88. The second-order valence-corrected chi connectivity index (χ2v) is 5.88. The third-order valence-electron chi connectivity index (χ3n) is 4.29. The lowest BCUT2D eigenvalue weighted by Crippen LogP contribution is -2.23. The number of fused-ring (bicyclic) bond motifs is 1. The molecule has 3 rings (SSSR count). The summed E-state index contributed by atoms with van der Waals surface area (Å²) in [5, 5.41) is 11.0. The van der Waals surface area contributed by atoms with Gasteiger partial charge in [0.2, 0.25) is 0 Å². The number of rotatable bonds is 5. The van der Waals surface area contributed by atoms with Gasteiger partial charge in [0.1, 0.15) is 13.2 Å². The zero-order valence-corrected chi connectivity index (χ0v) is 13.8. The molecule has 0 fully saturated rings. The van der Waals surface area contributed by atoms with Crippen molar-refractivity contribution in [3.63, 3.8) is 0 Å². The summed E-state index contributed by atoms with van der Waals surface area (Å²) in [6, 6.07) is 12.7. The predicted molar refractivity (Wildman–Crippen MR) is 90.4 cm³/mol. The van der Waals surface area contributed by atoms with Crippen LogP contribution in [0.15, 0.2) is 42.5 Å². The standard InChI is InChI=1S/C18H20N2O4/c1-13(14-5-3-7-16(11-14)20(21)22)19(2)12-15-6-4-8-17-18(15)24-10-9-23-17/h3-8,11,13H,9-10,12H2,1-2H3/t13-/m0/s1. The molecule has 1 atom stereocenters. The lowest BCUT2D eigenvalue weighted by Gasteiger charge is -2.27. The monoisotopic (exact) mass is 328 g/mol. The van der Waals surface area contributed by atoms with Crippen molar-refractivity contribution in [3.8, 4) is 11.5 Å². The summed E-state index contributed by atoms with van der Waals surface area (Å²) in [5.74, 6) is 1.57. The molecule has 6 heteroatoms. The van der Waals surface area contributed by atoms with Crippen molar-refractivity contribution in [2.24, 2.45) is 0 Å². The highest BCUT2D eigenvalue weighted by molar-refractivity contribution is 5.47. The SMILES string of the molecule is C[C@@H](c1cccc([N+](=O)[O-])c1)N(C)Cc1cccc2c1OCCO2. The van der Waals surface area contributed by atoms with Gasteiger partial charge in [0, 0.05) is 30.3 Å². The maximum Gasteiger partial charge on any atom is 0.269 e. The molecule has 0 saturated heterocycles. The van der Waals surface area contributed by atoms with Crippen molar-refractivity contribution in [2.45, 2.75) is 19.5 Å². The van der Waals surface area contributed by atoms with E-state index in [0.717, 1.165) is 22.6 Å². The Morgan fingerprint density at radius 2 is 1.96 bits per heavy atom. The van der Waals surface area contributed by atoms with Gasteiger partial charge in [-0.15, -0.1) is 0 Å². The molecule has 0 aliphatic carbocycles. The maximum atomic E-state index is 11.0. The molecule has 1 aliphatic rings. The minimum Gasteiger partial charge on any atom is -0.486 e. The van der Waals surface area contributed by atoms with Crippen LogP contribution in [-0.2, 0) is 6.54 Å². The van der Waals surface area contributed by atoms with Gasteiger partial charge in [0.05, 0.1) is 4.92 Å². The average molecular weight is 328 g/mol. The first kappa shape index (κ1) is 16.3. The van der Waals surface area contributed by atoms with Crippen LogP contribution in [0.1, 0.15) is 24.1 Å². The first-order valence-corrected chi connectivity index (χ1v) is 7.88. The summed E-state index contributed by atoms with van der Waals surface area (Å²) in [4.78, 5) is 12.7. The van der Waals surface area contributed by atoms with Gasteiger partial charge in [-0.25, -0.2) is 0 Å². The molecule has 2 aromatic carbocycles. The van der Waals surface area contributed by atoms with E-state index in [9.17, 15) is 10.1 Å². The maximum absolute atomic E-state index is 11.0. The summed E-state index contributed by atoms with van der Waals surface area (Å²) >= 11 is 0. The van der Waals surface area contributed by atoms with E-state index in [-0.39, 0.29) is 16.7 Å². The first-order chi connectivity index (χ1) is 11.6. The van der Waals surface area contributed by atoms with Gasteiger partial charge in [-0.1, -0.05) is 24.3 Å². The molecule has 0 bridgehead atoms. The van der Waals surface area contributed by atoms with Crippen molar-refractivity contribution in [3.05, 3.63) is 63.7 Å². The van der Waals surface area contributed by atoms with E-state index in [1.165, 1.54) is 6.07 Å². The Labute approximate surface area is 140 Å². The molecule has 1 heterocycles. The molecular weight excluding hydrogens is 308 g/mol. The van der Waals surface area contributed by atoms with Crippen molar-refractivity contribution >= 4 is 5.69 Å². The Bertz CT molecular complexity index is 748. The normalized spacial score (nSPS) is 14.5. The van der Waals surface area contributed by atoms with Crippen LogP contribution in [0.3, 0.4) is 0 Å². The number of hydrogen-bond acceptors (Lipinski definition) is 5. The van der Waals surface area contributed by atoms with Crippen LogP contribution in [0.5, 0.6) is 11.5 Å². The van der Waals surface area contributed by atoms with E-state index in [1.807, 2.05) is 38.2 Å². The minimum atomic E-state index is -0.366.